The first-order valence-corrected chi connectivity index (χ1v) is 5.66. The van der Waals surface area contributed by atoms with Gasteiger partial charge in [-0.2, -0.15) is 0 Å². The molecule has 2 rings (SSSR count). The summed E-state index contributed by atoms with van der Waals surface area (Å²) in [5.41, 5.74) is 0. The van der Waals surface area contributed by atoms with Gasteiger partial charge < -0.3 is 14.7 Å². The van der Waals surface area contributed by atoms with Crippen LogP contribution in [0.1, 0.15) is 0 Å². The third-order valence-corrected chi connectivity index (χ3v) is 2.62. The number of likely N-dealkylation sites (N-methyl/N-ethyl adjacent to an activating group) is 1. The number of aromatic hydroxyl groups is 1. The highest BCUT2D eigenvalue weighted by atomic mass is 16.5. The van der Waals surface area contributed by atoms with E-state index >= 15 is 0 Å². The van der Waals surface area contributed by atoms with Gasteiger partial charge in [-0.25, -0.2) is 0 Å². The number of nitrogens with zero attached hydrogens (tertiary/aromatic N) is 1. The molecular formula is C14H17NO2. The van der Waals surface area contributed by atoms with E-state index in [0.717, 1.165) is 17.3 Å². The lowest BCUT2D eigenvalue weighted by Gasteiger charge is -2.12. The van der Waals surface area contributed by atoms with Gasteiger partial charge in [0.15, 0.2) is 11.5 Å². The minimum absolute atomic E-state index is 0.197. The fourth-order valence-electron chi connectivity index (χ4n) is 1.66. The Morgan fingerprint density at radius 3 is 2.41 bits per heavy atom. The van der Waals surface area contributed by atoms with Crippen LogP contribution in [0, 0.1) is 0 Å². The molecule has 0 bridgehead atoms. The van der Waals surface area contributed by atoms with Crippen molar-refractivity contribution in [2.45, 2.75) is 0 Å². The second-order valence-electron chi connectivity index (χ2n) is 4.32. The normalized spacial score (nSPS) is 11.0. The second kappa shape index (κ2) is 5.06. The van der Waals surface area contributed by atoms with Crippen molar-refractivity contribution < 1.29 is 9.84 Å². The molecule has 1 N–H and O–H groups in total. The van der Waals surface area contributed by atoms with E-state index in [9.17, 15) is 5.11 Å². The summed E-state index contributed by atoms with van der Waals surface area (Å²) in [6, 6.07) is 11.5. The molecule has 0 spiro atoms. The molecule has 17 heavy (non-hydrogen) atoms. The van der Waals surface area contributed by atoms with Crippen LogP contribution in [-0.2, 0) is 0 Å². The van der Waals surface area contributed by atoms with Gasteiger partial charge in [0.2, 0.25) is 0 Å². The standard InChI is InChI=1S/C14H17NO2/c1-15(2)7-8-17-14-10-12-6-4-3-5-11(12)9-13(14)16/h3-6,9-10,16H,7-8H2,1-2H3. The van der Waals surface area contributed by atoms with Crippen molar-refractivity contribution in [3.8, 4) is 11.5 Å². The highest BCUT2D eigenvalue weighted by Gasteiger charge is 2.04. The third kappa shape index (κ3) is 2.88. The van der Waals surface area contributed by atoms with Crippen molar-refractivity contribution >= 4 is 10.8 Å². The fourth-order valence-corrected chi connectivity index (χ4v) is 1.66. The smallest absolute Gasteiger partial charge is 0.161 e. The number of hydrogen-bond donors (Lipinski definition) is 1. The van der Waals surface area contributed by atoms with E-state index in [2.05, 4.69) is 0 Å². The van der Waals surface area contributed by atoms with Crippen molar-refractivity contribution in [3.63, 3.8) is 0 Å². The van der Waals surface area contributed by atoms with Gasteiger partial charge in [0.25, 0.3) is 0 Å². The van der Waals surface area contributed by atoms with Gasteiger partial charge in [0.1, 0.15) is 6.61 Å². The SMILES string of the molecule is CN(C)CCOc1cc2ccccc2cc1O. The maximum atomic E-state index is 9.84. The monoisotopic (exact) mass is 231 g/mol. The largest absolute Gasteiger partial charge is 0.504 e. The van der Waals surface area contributed by atoms with Crippen LogP contribution in [0.3, 0.4) is 0 Å². The van der Waals surface area contributed by atoms with Gasteiger partial charge in [0, 0.05) is 6.54 Å². The van der Waals surface area contributed by atoms with E-state index < -0.39 is 0 Å². The van der Waals surface area contributed by atoms with Crippen molar-refractivity contribution in [1.29, 1.82) is 0 Å². The number of ether oxygens (including phenoxy) is 1. The zero-order valence-corrected chi connectivity index (χ0v) is 10.2. The molecule has 0 radical (unpaired) electrons. The number of fused-ring (bicyclic) bond motifs is 1. The molecule has 0 aromatic heterocycles. The molecule has 0 unspecified atom stereocenters. The maximum absolute atomic E-state index is 9.84. The predicted octanol–water partition coefficient (Wildman–Crippen LogP) is 2.49. The van der Waals surface area contributed by atoms with E-state index in [4.69, 9.17) is 4.74 Å². The Morgan fingerprint density at radius 2 is 1.76 bits per heavy atom. The third-order valence-electron chi connectivity index (χ3n) is 2.62. The van der Waals surface area contributed by atoms with Gasteiger partial charge in [-0.05, 0) is 37.0 Å². The number of phenolic OH excluding ortho intramolecular Hbond substituents is 1. The molecule has 0 aliphatic carbocycles. The van der Waals surface area contributed by atoms with Gasteiger partial charge in [0.05, 0.1) is 0 Å². The zero-order valence-electron chi connectivity index (χ0n) is 10.2. The summed E-state index contributed by atoms with van der Waals surface area (Å²) < 4.78 is 5.56. The Labute approximate surface area is 101 Å². The number of benzene rings is 2. The number of hydrogen-bond acceptors (Lipinski definition) is 3. The predicted molar refractivity (Wildman–Crippen MR) is 69.7 cm³/mol. The van der Waals surface area contributed by atoms with Gasteiger partial charge >= 0.3 is 0 Å². The summed E-state index contributed by atoms with van der Waals surface area (Å²) >= 11 is 0. The van der Waals surface area contributed by atoms with E-state index in [1.807, 2.05) is 49.3 Å². The van der Waals surface area contributed by atoms with Crippen LogP contribution in [-0.4, -0.2) is 37.3 Å². The summed E-state index contributed by atoms with van der Waals surface area (Å²) in [4.78, 5) is 2.04. The lowest BCUT2D eigenvalue weighted by molar-refractivity contribution is 0.253. The Hall–Kier alpha value is -1.74. The first-order valence-electron chi connectivity index (χ1n) is 5.66. The summed E-state index contributed by atoms with van der Waals surface area (Å²) in [6.07, 6.45) is 0. The first kappa shape index (κ1) is 11.7. The van der Waals surface area contributed by atoms with Gasteiger partial charge in [-0.1, -0.05) is 24.3 Å². The molecule has 3 nitrogen and oxygen atoms in total. The Morgan fingerprint density at radius 1 is 1.12 bits per heavy atom. The van der Waals surface area contributed by atoms with Crippen LogP contribution in [0.25, 0.3) is 10.8 Å². The maximum Gasteiger partial charge on any atom is 0.161 e. The Balaban J connectivity index is 2.19. The summed E-state index contributed by atoms with van der Waals surface area (Å²) in [5, 5.41) is 11.9. The van der Waals surface area contributed by atoms with E-state index in [1.54, 1.807) is 6.07 Å². The van der Waals surface area contributed by atoms with E-state index in [1.165, 1.54) is 0 Å². The molecular weight excluding hydrogens is 214 g/mol. The molecule has 0 aliphatic heterocycles. The van der Waals surface area contributed by atoms with Gasteiger partial charge in [-0.3, -0.25) is 0 Å². The number of rotatable bonds is 4. The van der Waals surface area contributed by atoms with Crippen LogP contribution in [0.4, 0.5) is 0 Å². The molecule has 0 saturated heterocycles. The first-order chi connectivity index (χ1) is 8.16. The van der Waals surface area contributed by atoms with Crippen LogP contribution in [0.2, 0.25) is 0 Å². The van der Waals surface area contributed by atoms with Gasteiger partial charge in [-0.15, -0.1) is 0 Å². The quantitative estimate of drug-likeness (QED) is 0.877. The lowest BCUT2D eigenvalue weighted by Crippen LogP contribution is -2.19. The van der Waals surface area contributed by atoms with Crippen LogP contribution in [0.5, 0.6) is 11.5 Å². The molecule has 0 amide bonds. The molecule has 2 aromatic rings. The van der Waals surface area contributed by atoms with Crippen LogP contribution < -0.4 is 4.74 Å². The van der Waals surface area contributed by atoms with Crippen LogP contribution >= 0.6 is 0 Å². The topological polar surface area (TPSA) is 32.7 Å². The zero-order chi connectivity index (χ0) is 12.3. The Bertz CT molecular complexity index is 509. The van der Waals surface area contributed by atoms with Crippen LogP contribution in [0.15, 0.2) is 36.4 Å². The van der Waals surface area contributed by atoms with Crippen molar-refractivity contribution in [2.75, 3.05) is 27.2 Å². The average Bonchev–Trinajstić information content (AvgIpc) is 2.29. The van der Waals surface area contributed by atoms with E-state index in [0.29, 0.717) is 12.4 Å². The summed E-state index contributed by atoms with van der Waals surface area (Å²) in [6.45, 7) is 1.39. The van der Waals surface area contributed by atoms with Crippen molar-refractivity contribution in [3.05, 3.63) is 36.4 Å². The molecule has 90 valence electrons. The molecule has 2 aromatic carbocycles. The molecule has 3 heteroatoms. The fraction of sp³-hybridized carbons (Fsp3) is 0.286. The highest BCUT2D eigenvalue weighted by molar-refractivity contribution is 5.85. The summed E-state index contributed by atoms with van der Waals surface area (Å²) in [7, 11) is 3.98. The molecule has 0 heterocycles. The molecule has 0 fully saturated rings. The molecule has 0 atom stereocenters. The highest BCUT2D eigenvalue weighted by Crippen LogP contribution is 2.31. The second-order valence-corrected chi connectivity index (χ2v) is 4.32. The number of phenols is 1. The average molecular weight is 231 g/mol. The van der Waals surface area contributed by atoms with E-state index in [-0.39, 0.29) is 5.75 Å². The van der Waals surface area contributed by atoms with Crippen molar-refractivity contribution in [1.82, 2.24) is 4.90 Å². The summed E-state index contributed by atoms with van der Waals surface area (Å²) in [5.74, 6) is 0.744. The minimum atomic E-state index is 0.197. The molecule has 0 saturated carbocycles. The Kier molecular flexibility index (Phi) is 3.49. The molecule has 0 aliphatic rings. The minimum Gasteiger partial charge on any atom is -0.504 e. The lowest BCUT2D eigenvalue weighted by atomic mass is 10.1. The van der Waals surface area contributed by atoms with Crippen molar-refractivity contribution in [2.24, 2.45) is 0 Å².